The number of hydrogen-bond donors (Lipinski definition) is 4. The summed E-state index contributed by atoms with van der Waals surface area (Å²) in [7, 11) is 0. The number of carboxylic acids is 1. The molecule has 0 saturated heterocycles. The van der Waals surface area contributed by atoms with Gasteiger partial charge in [0.25, 0.3) is 11.7 Å². The quantitative estimate of drug-likeness (QED) is 0.276. The first-order chi connectivity index (χ1) is 12.3. The van der Waals surface area contributed by atoms with Crippen molar-refractivity contribution in [1.29, 1.82) is 5.41 Å². The third kappa shape index (κ3) is 6.66. The minimum absolute atomic E-state index is 0.0280. The first-order valence-electron chi connectivity index (χ1n) is 7.23. The van der Waals surface area contributed by atoms with Gasteiger partial charge in [-0.15, -0.1) is 0 Å². The third-order valence-electron chi connectivity index (χ3n) is 2.73. The van der Waals surface area contributed by atoms with Crippen molar-refractivity contribution in [2.75, 3.05) is 0 Å². The molecule has 0 spiro atoms. The SMILES string of the molecule is CC(=O)O.N=C(N)N/N=C/C=Cc1cccn1-c1ccccc1[N+](=O)[O-]. The average Bonchev–Trinajstić information content (AvgIpc) is 3.02. The first-order valence-corrected chi connectivity index (χ1v) is 7.23. The predicted molar refractivity (Wildman–Crippen MR) is 98.3 cm³/mol. The maximum atomic E-state index is 11.1. The van der Waals surface area contributed by atoms with Crippen LogP contribution in [0, 0.1) is 15.5 Å². The second-order valence-corrected chi connectivity index (χ2v) is 4.73. The number of para-hydroxylation sites is 2. The summed E-state index contributed by atoms with van der Waals surface area (Å²) >= 11 is 0. The Labute approximate surface area is 148 Å². The molecule has 0 fully saturated rings. The van der Waals surface area contributed by atoms with Crippen molar-refractivity contribution >= 4 is 29.9 Å². The molecular formula is C16H18N6O4. The molecule has 2 rings (SSSR count). The number of aliphatic carboxylic acids is 1. The van der Waals surface area contributed by atoms with Crippen molar-refractivity contribution in [3.8, 4) is 5.69 Å². The summed E-state index contributed by atoms with van der Waals surface area (Å²) in [5.74, 6) is -1.09. The molecule has 0 aliphatic heterocycles. The number of nitro benzene ring substituents is 1. The van der Waals surface area contributed by atoms with Gasteiger partial charge in [-0.1, -0.05) is 12.1 Å². The number of hydrazone groups is 1. The second-order valence-electron chi connectivity index (χ2n) is 4.73. The largest absolute Gasteiger partial charge is 0.481 e. The van der Waals surface area contributed by atoms with Crippen LogP contribution in [0.15, 0.2) is 53.8 Å². The van der Waals surface area contributed by atoms with Crippen LogP contribution < -0.4 is 11.2 Å². The number of nitrogens with zero attached hydrogens (tertiary/aromatic N) is 3. The third-order valence-corrected chi connectivity index (χ3v) is 2.73. The lowest BCUT2D eigenvalue weighted by atomic mass is 10.2. The topological polar surface area (TPSA) is 160 Å². The number of nitro groups is 1. The Morgan fingerprint density at radius 3 is 2.65 bits per heavy atom. The average molecular weight is 358 g/mol. The Morgan fingerprint density at radius 2 is 2.04 bits per heavy atom. The van der Waals surface area contributed by atoms with Crippen molar-refractivity contribution in [2.24, 2.45) is 10.8 Å². The van der Waals surface area contributed by atoms with Gasteiger partial charge in [0, 0.05) is 31.1 Å². The number of guanidine groups is 1. The van der Waals surface area contributed by atoms with Crippen molar-refractivity contribution < 1.29 is 14.8 Å². The number of nitrogens with two attached hydrogens (primary N) is 1. The molecule has 0 unspecified atom stereocenters. The van der Waals surface area contributed by atoms with E-state index < -0.39 is 10.9 Å². The number of rotatable bonds is 5. The lowest BCUT2D eigenvalue weighted by Crippen LogP contribution is -2.25. The van der Waals surface area contributed by atoms with Crippen molar-refractivity contribution in [1.82, 2.24) is 9.99 Å². The summed E-state index contributed by atoms with van der Waals surface area (Å²) in [6.45, 7) is 1.08. The van der Waals surface area contributed by atoms with Gasteiger partial charge in [-0.25, -0.2) is 5.43 Å². The number of allylic oxidation sites excluding steroid dienone is 1. The molecule has 136 valence electrons. The van der Waals surface area contributed by atoms with Crippen molar-refractivity contribution in [2.45, 2.75) is 6.92 Å². The van der Waals surface area contributed by atoms with E-state index in [1.54, 1.807) is 47.2 Å². The van der Waals surface area contributed by atoms with Gasteiger partial charge in [0.2, 0.25) is 5.96 Å². The van der Waals surface area contributed by atoms with Gasteiger partial charge in [0.1, 0.15) is 5.69 Å². The van der Waals surface area contributed by atoms with E-state index in [1.165, 1.54) is 12.3 Å². The second kappa shape index (κ2) is 10.0. The minimum atomic E-state index is -0.833. The fourth-order valence-corrected chi connectivity index (χ4v) is 1.86. The van der Waals surface area contributed by atoms with Crippen LogP contribution in [0.2, 0.25) is 0 Å². The molecule has 0 saturated carbocycles. The van der Waals surface area contributed by atoms with Crippen LogP contribution >= 0.6 is 0 Å². The molecule has 1 aromatic heterocycles. The highest BCUT2D eigenvalue weighted by molar-refractivity contribution is 5.80. The van der Waals surface area contributed by atoms with Crippen LogP contribution in [0.25, 0.3) is 11.8 Å². The van der Waals surface area contributed by atoms with E-state index in [0.29, 0.717) is 5.69 Å². The van der Waals surface area contributed by atoms with Gasteiger partial charge in [-0.05, 0) is 30.4 Å². The zero-order valence-electron chi connectivity index (χ0n) is 13.9. The van der Waals surface area contributed by atoms with Crippen LogP contribution in [0.1, 0.15) is 12.6 Å². The summed E-state index contributed by atoms with van der Waals surface area (Å²) in [4.78, 5) is 19.7. The van der Waals surface area contributed by atoms with E-state index >= 15 is 0 Å². The normalized spacial score (nSPS) is 10.3. The molecule has 26 heavy (non-hydrogen) atoms. The smallest absolute Gasteiger partial charge is 0.300 e. The molecule has 10 nitrogen and oxygen atoms in total. The van der Waals surface area contributed by atoms with Crippen LogP contribution in [0.5, 0.6) is 0 Å². The Bertz CT molecular complexity index is 837. The van der Waals surface area contributed by atoms with Gasteiger partial charge in [-0.3, -0.25) is 20.3 Å². The number of benzene rings is 1. The van der Waals surface area contributed by atoms with Gasteiger partial charge in [-0.2, -0.15) is 5.10 Å². The highest BCUT2D eigenvalue weighted by Crippen LogP contribution is 2.24. The number of hydrogen-bond acceptors (Lipinski definition) is 5. The fraction of sp³-hybridized carbons (Fsp3) is 0.0625. The van der Waals surface area contributed by atoms with Crippen molar-refractivity contribution in [3.63, 3.8) is 0 Å². The molecule has 0 radical (unpaired) electrons. The molecule has 0 atom stereocenters. The van der Waals surface area contributed by atoms with E-state index in [2.05, 4.69) is 10.5 Å². The van der Waals surface area contributed by atoms with Crippen LogP contribution in [0.4, 0.5) is 5.69 Å². The number of nitrogens with one attached hydrogen (secondary N) is 2. The van der Waals surface area contributed by atoms with E-state index in [-0.39, 0.29) is 11.6 Å². The molecule has 0 bridgehead atoms. The zero-order valence-corrected chi connectivity index (χ0v) is 13.9. The van der Waals surface area contributed by atoms with E-state index in [4.69, 9.17) is 21.0 Å². The summed E-state index contributed by atoms with van der Waals surface area (Å²) in [5.41, 5.74) is 8.62. The number of aromatic nitrogens is 1. The first kappa shape index (κ1) is 20.1. The predicted octanol–water partition coefficient (Wildman–Crippen LogP) is 1.96. The number of carboxylic acid groups (broad SMARTS) is 1. The summed E-state index contributed by atoms with van der Waals surface area (Å²) < 4.78 is 1.71. The van der Waals surface area contributed by atoms with Crippen LogP contribution in [0.3, 0.4) is 0 Å². The lowest BCUT2D eigenvalue weighted by Gasteiger charge is -2.06. The molecule has 1 heterocycles. The zero-order chi connectivity index (χ0) is 19.5. The Balaban J connectivity index is 0.000000765. The van der Waals surface area contributed by atoms with Gasteiger partial charge < -0.3 is 15.4 Å². The van der Waals surface area contributed by atoms with E-state index in [1.807, 2.05) is 6.07 Å². The van der Waals surface area contributed by atoms with Crippen molar-refractivity contribution in [3.05, 3.63) is 64.5 Å². The Kier molecular flexibility index (Phi) is 7.75. The molecule has 0 aliphatic carbocycles. The summed E-state index contributed by atoms with van der Waals surface area (Å²) in [5, 5.41) is 29.2. The molecule has 0 amide bonds. The molecule has 1 aromatic carbocycles. The summed E-state index contributed by atoms with van der Waals surface area (Å²) in [6, 6.07) is 10.1. The van der Waals surface area contributed by atoms with Crippen LogP contribution in [-0.2, 0) is 4.79 Å². The Morgan fingerprint density at radius 1 is 1.38 bits per heavy atom. The van der Waals surface area contributed by atoms with Gasteiger partial charge in [0.15, 0.2) is 0 Å². The lowest BCUT2D eigenvalue weighted by molar-refractivity contribution is -0.384. The number of carbonyl (C=O) groups is 1. The van der Waals surface area contributed by atoms with Gasteiger partial charge in [0.05, 0.1) is 4.92 Å². The van der Waals surface area contributed by atoms with E-state index in [0.717, 1.165) is 12.6 Å². The highest BCUT2D eigenvalue weighted by Gasteiger charge is 2.14. The maximum absolute atomic E-state index is 11.1. The molecule has 10 heteroatoms. The fourth-order valence-electron chi connectivity index (χ4n) is 1.86. The standard InChI is InChI=1S/C14H14N6O2.C2H4O2/c15-14(16)18-17-9-3-5-11-6-4-10-19(11)12-7-1-2-8-13(12)20(21)22;1-2(3)4/h1-10H,(H4,15,16,18);1H3,(H,3,4)/b5-3?,17-9+;. The van der Waals surface area contributed by atoms with E-state index in [9.17, 15) is 10.1 Å². The molecule has 0 aliphatic rings. The monoisotopic (exact) mass is 358 g/mol. The molecule has 5 N–H and O–H groups in total. The highest BCUT2D eigenvalue weighted by atomic mass is 16.6. The summed E-state index contributed by atoms with van der Waals surface area (Å²) in [6.07, 6.45) is 6.55. The minimum Gasteiger partial charge on any atom is -0.481 e. The maximum Gasteiger partial charge on any atom is 0.300 e. The molecule has 2 aromatic rings. The molecular weight excluding hydrogens is 340 g/mol. The van der Waals surface area contributed by atoms with Gasteiger partial charge >= 0.3 is 0 Å². The van der Waals surface area contributed by atoms with Crippen LogP contribution in [-0.4, -0.2) is 32.7 Å². The Hall–Kier alpha value is -3.95.